The predicted molar refractivity (Wildman–Crippen MR) is 93.8 cm³/mol. The monoisotopic (exact) mass is 323 g/mol. The van der Waals surface area contributed by atoms with Crippen molar-refractivity contribution in [2.24, 2.45) is 0 Å². The summed E-state index contributed by atoms with van der Waals surface area (Å²) >= 11 is 0. The lowest BCUT2D eigenvalue weighted by molar-refractivity contribution is 0.111. The molecule has 122 valence electrons. The highest BCUT2D eigenvalue weighted by Gasteiger charge is 2.09. The largest absolute Gasteiger partial charge is 0.506 e. The Hall–Kier alpha value is -3.28. The van der Waals surface area contributed by atoms with Crippen LogP contribution in [0.5, 0.6) is 11.5 Å². The number of pyridine rings is 1. The molecule has 6 heteroatoms. The molecule has 0 fully saturated rings. The predicted octanol–water partition coefficient (Wildman–Crippen LogP) is 3.51. The number of aromatic hydroxyl groups is 1. The summed E-state index contributed by atoms with van der Waals surface area (Å²) in [5.74, 6) is 0.727. The van der Waals surface area contributed by atoms with Gasteiger partial charge in [0.05, 0.1) is 18.5 Å². The molecule has 0 aliphatic heterocycles. The van der Waals surface area contributed by atoms with Gasteiger partial charge in [0, 0.05) is 5.39 Å². The highest BCUT2D eigenvalue weighted by atomic mass is 16.5. The molecule has 0 amide bonds. The normalized spacial score (nSPS) is 10.4. The van der Waals surface area contributed by atoms with Crippen molar-refractivity contribution in [3.8, 4) is 11.5 Å². The summed E-state index contributed by atoms with van der Waals surface area (Å²) in [6.45, 7) is 1.99. The lowest BCUT2D eigenvalue weighted by atomic mass is 10.1. The number of rotatable bonds is 5. The van der Waals surface area contributed by atoms with E-state index in [-0.39, 0.29) is 11.4 Å². The van der Waals surface area contributed by atoms with Gasteiger partial charge in [-0.25, -0.2) is 4.98 Å². The van der Waals surface area contributed by atoms with Gasteiger partial charge in [-0.1, -0.05) is 6.07 Å². The van der Waals surface area contributed by atoms with Gasteiger partial charge in [0.15, 0.2) is 6.29 Å². The molecule has 0 bridgehead atoms. The number of nitrogens with one attached hydrogen (secondary N) is 2. The fraction of sp³-hybridized carbons (Fsp3) is 0.111. The van der Waals surface area contributed by atoms with Crippen molar-refractivity contribution >= 4 is 28.6 Å². The maximum Gasteiger partial charge on any atom is 0.168 e. The van der Waals surface area contributed by atoms with Gasteiger partial charge < -0.3 is 15.3 Å². The Balaban J connectivity index is 1.95. The van der Waals surface area contributed by atoms with E-state index in [9.17, 15) is 9.90 Å². The summed E-state index contributed by atoms with van der Waals surface area (Å²) in [4.78, 5) is 15.0. The number of aldehydes is 1. The van der Waals surface area contributed by atoms with Gasteiger partial charge in [-0.2, -0.15) is 0 Å². The number of hydrogen-bond donors (Lipinski definition) is 3. The standard InChI is InChI=1S/C18H17N3O3/c1-11-3-8-17(24-2)15(9-11)21-20-14-6-7-16(23)18-13(14)5-4-12(10-22)19-18/h3-10,20-21,23H,1-2H3. The summed E-state index contributed by atoms with van der Waals surface area (Å²) in [5, 5.41) is 10.7. The van der Waals surface area contributed by atoms with E-state index < -0.39 is 0 Å². The SMILES string of the molecule is COc1ccc(C)cc1NNc1ccc(O)c2nc(C=O)ccc12. The minimum atomic E-state index is 0.0207. The number of aryl methyl sites for hydroxylation is 1. The number of methoxy groups -OCH3 is 1. The first-order valence-electron chi connectivity index (χ1n) is 7.37. The summed E-state index contributed by atoms with van der Waals surface area (Å²) in [5.41, 5.74) is 9.44. The average molecular weight is 323 g/mol. The van der Waals surface area contributed by atoms with Crippen LogP contribution < -0.4 is 15.6 Å². The number of ether oxygens (including phenoxy) is 1. The van der Waals surface area contributed by atoms with Crippen LogP contribution in [0, 0.1) is 6.92 Å². The topological polar surface area (TPSA) is 83.5 Å². The number of carbonyl (C=O) groups excluding carboxylic acids is 1. The van der Waals surface area contributed by atoms with E-state index >= 15 is 0 Å². The van der Waals surface area contributed by atoms with E-state index in [0.29, 0.717) is 22.9 Å². The second-order valence-corrected chi connectivity index (χ2v) is 5.34. The molecular formula is C18H17N3O3. The summed E-state index contributed by atoms with van der Waals surface area (Å²) in [6.07, 6.45) is 0.648. The van der Waals surface area contributed by atoms with E-state index in [0.717, 1.165) is 16.9 Å². The van der Waals surface area contributed by atoms with Gasteiger partial charge in [0.1, 0.15) is 22.7 Å². The molecule has 3 aromatic rings. The van der Waals surface area contributed by atoms with Crippen molar-refractivity contribution in [3.63, 3.8) is 0 Å². The van der Waals surface area contributed by atoms with Gasteiger partial charge in [-0.15, -0.1) is 0 Å². The van der Waals surface area contributed by atoms with Crippen molar-refractivity contribution in [1.82, 2.24) is 4.98 Å². The highest BCUT2D eigenvalue weighted by Crippen LogP contribution is 2.31. The molecule has 0 spiro atoms. The van der Waals surface area contributed by atoms with E-state index in [1.807, 2.05) is 25.1 Å². The zero-order chi connectivity index (χ0) is 17.1. The van der Waals surface area contributed by atoms with Crippen LogP contribution >= 0.6 is 0 Å². The fourth-order valence-corrected chi connectivity index (χ4v) is 2.45. The quantitative estimate of drug-likeness (QED) is 0.379. The van der Waals surface area contributed by atoms with Crippen molar-refractivity contribution in [2.75, 3.05) is 18.0 Å². The number of benzene rings is 2. The number of aromatic nitrogens is 1. The molecular weight excluding hydrogens is 306 g/mol. The fourth-order valence-electron chi connectivity index (χ4n) is 2.45. The number of phenols is 1. The summed E-state index contributed by atoms with van der Waals surface area (Å²) < 4.78 is 5.33. The molecule has 3 rings (SSSR count). The number of hydrogen-bond acceptors (Lipinski definition) is 6. The Morgan fingerprint density at radius 2 is 1.88 bits per heavy atom. The van der Waals surface area contributed by atoms with Gasteiger partial charge in [-0.05, 0) is 48.9 Å². The zero-order valence-electron chi connectivity index (χ0n) is 13.3. The summed E-state index contributed by atoms with van der Waals surface area (Å²) in [7, 11) is 1.61. The molecule has 0 aliphatic rings. The molecule has 1 heterocycles. The molecule has 0 saturated heterocycles. The van der Waals surface area contributed by atoms with E-state index in [1.54, 1.807) is 25.3 Å². The third kappa shape index (κ3) is 2.94. The number of carbonyl (C=O) groups is 1. The Bertz CT molecular complexity index is 909. The van der Waals surface area contributed by atoms with E-state index in [1.165, 1.54) is 6.07 Å². The maximum absolute atomic E-state index is 10.9. The molecule has 0 atom stereocenters. The Labute approximate surface area is 139 Å². The van der Waals surface area contributed by atoms with Gasteiger partial charge in [0.2, 0.25) is 0 Å². The van der Waals surface area contributed by atoms with Crippen LogP contribution in [0.3, 0.4) is 0 Å². The van der Waals surface area contributed by atoms with Crippen LogP contribution in [0.4, 0.5) is 11.4 Å². The van der Waals surface area contributed by atoms with Gasteiger partial charge in [-0.3, -0.25) is 10.2 Å². The summed E-state index contributed by atoms with van der Waals surface area (Å²) in [6, 6.07) is 12.4. The molecule has 6 nitrogen and oxygen atoms in total. The second-order valence-electron chi connectivity index (χ2n) is 5.34. The number of phenolic OH excluding ortho intramolecular Hbond substituents is 1. The van der Waals surface area contributed by atoms with Crippen LogP contribution in [0.15, 0.2) is 42.5 Å². The first-order chi connectivity index (χ1) is 11.6. The third-order valence-corrected chi connectivity index (χ3v) is 3.67. The van der Waals surface area contributed by atoms with Crippen molar-refractivity contribution in [1.29, 1.82) is 0 Å². The molecule has 0 radical (unpaired) electrons. The Morgan fingerprint density at radius 3 is 2.62 bits per heavy atom. The molecule has 1 aromatic heterocycles. The highest BCUT2D eigenvalue weighted by molar-refractivity contribution is 5.97. The number of anilines is 2. The van der Waals surface area contributed by atoms with Crippen LogP contribution in [0.2, 0.25) is 0 Å². The van der Waals surface area contributed by atoms with Crippen molar-refractivity contribution < 1.29 is 14.6 Å². The second kappa shape index (κ2) is 6.45. The smallest absolute Gasteiger partial charge is 0.168 e. The molecule has 0 aliphatic carbocycles. The molecule has 24 heavy (non-hydrogen) atoms. The number of hydrazine groups is 1. The average Bonchev–Trinajstić information content (AvgIpc) is 2.61. The zero-order valence-corrected chi connectivity index (χ0v) is 13.3. The van der Waals surface area contributed by atoms with E-state index in [2.05, 4.69) is 15.8 Å². The lowest BCUT2D eigenvalue weighted by Crippen LogP contribution is -2.10. The van der Waals surface area contributed by atoms with Crippen LogP contribution in [-0.2, 0) is 0 Å². The maximum atomic E-state index is 10.9. The molecule has 3 N–H and O–H groups in total. The molecule has 0 unspecified atom stereocenters. The Morgan fingerprint density at radius 1 is 1.08 bits per heavy atom. The van der Waals surface area contributed by atoms with Crippen LogP contribution in [0.1, 0.15) is 16.1 Å². The third-order valence-electron chi connectivity index (χ3n) is 3.67. The van der Waals surface area contributed by atoms with Crippen molar-refractivity contribution in [3.05, 3.63) is 53.7 Å². The number of nitrogens with zero attached hydrogens (tertiary/aromatic N) is 1. The van der Waals surface area contributed by atoms with Crippen molar-refractivity contribution in [2.45, 2.75) is 6.92 Å². The Kier molecular flexibility index (Phi) is 4.20. The number of fused-ring (bicyclic) bond motifs is 1. The van der Waals surface area contributed by atoms with Gasteiger partial charge >= 0.3 is 0 Å². The van der Waals surface area contributed by atoms with E-state index in [4.69, 9.17) is 4.74 Å². The molecule has 2 aromatic carbocycles. The first-order valence-corrected chi connectivity index (χ1v) is 7.37. The minimum Gasteiger partial charge on any atom is -0.506 e. The van der Waals surface area contributed by atoms with Crippen LogP contribution in [-0.4, -0.2) is 23.5 Å². The molecule has 0 saturated carbocycles. The minimum absolute atomic E-state index is 0.0207. The first kappa shape index (κ1) is 15.6. The van der Waals surface area contributed by atoms with Crippen LogP contribution in [0.25, 0.3) is 10.9 Å². The lowest BCUT2D eigenvalue weighted by Gasteiger charge is -2.15. The van der Waals surface area contributed by atoms with Gasteiger partial charge in [0.25, 0.3) is 0 Å².